The Morgan fingerprint density at radius 3 is 2.67 bits per heavy atom. The predicted molar refractivity (Wildman–Crippen MR) is 50.5 cm³/mol. The lowest BCUT2D eigenvalue weighted by Crippen LogP contribution is -2.30. The molecule has 1 radical (unpaired) electrons. The molecule has 1 aromatic rings. The fraction of sp³-hybridized carbons (Fsp3) is 0.500. The molecule has 1 aliphatic heterocycles. The second kappa shape index (κ2) is 3.21. The van der Waals surface area contributed by atoms with Crippen molar-refractivity contribution >= 4 is 0 Å². The van der Waals surface area contributed by atoms with E-state index in [0.29, 0.717) is 0 Å². The smallest absolute Gasteiger partial charge is 0.0373 e. The van der Waals surface area contributed by atoms with E-state index >= 15 is 0 Å². The highest BCUT2D eigenvalue weighted by Crippen LogP contribution is 2.17. The van der Waals surface area contributed by atoms with Crippen molar-refractivity contribution in [2.75, 3.05) is 18.1 Å². The lowest BCUT2D eigenvalue weighted by molar-refractivity contribution is 0.575. The molecule has 1 aromatic heterocycles. The van der Waals surface area contributed by atoms with E-state index in [4.69, 9.17) is 0 Å². The van der Waals surface area contributed by atoms with Crippen molar-refractivity contribution in [3.8, 4) is 0 Å². The molecule has 0 aliphatic carbocycles. The van der Waals surface area contributed by atoms with E-state index in [1.165, 1.54) is 13.0 Å². The Kier molecular flexibility index (Phi) is 2.07. The maximum absolute atomic E-state index is 3.95. The van der Waals surface area contributed by atoms with Gasteiger partial charge in [0.05, 0.1) is 0 Å². The summed E-state index contributed by atoms with van der Waals surface area (Å²) in [7, 11) is 0. The van der Waals surface area contributed by atoms with Crippen molar-refractivity contribution in [1.82, 2.24) is 4.68 Å². The van der Waals surface area contributed by atoms with Crippen LogP contribution < -0.4 is 5.01 Å². The molecule has 0 N–H and O–H groups in total. The maximum atomic E-state index is 3.95. The fourth-order valence-electron chi connectivity index (χ4n) is 1.77. The van der Waals surface area contributed by atoms with Crippen LogP contribution in [0.25, 0.3) is 0 Å². The fourth-order valence-corrected chi connectivity index (χ4v) is 1.77. The summed E-state index contributed by atoms with van der Waals surface area (Å²) in [6.45, 7) is 6.29. The van der Waals surface area contributed by atoms with Gasteiger partial charge in [-0.05, 0) is 30.9 Å². The van der Waals surface area contributed by atoms with Gasteiger partial charge in [-0.3, -0.25) is 4.68 Å². The molecule has 0 aromatic carbocycles. The summed E-state index contributed by atoms with van der Waals surface area (Å²) in [6.07, 6.45) is 6.57. The molecule has 2 heteroatoms. The number of rotatable bonds is 2. The molecule has 65 valence electrons. The number of hydrogen-bond donors (Lipinski definition) is 0. The standard InChI is InChI=1S/C10H15N2/c1-2-10-5-8-12(9-10)11-6-3-4-7-11/h3-4,6-7,10H,1-2,5,8-9H2. The van der Waals surface area contributed by atoms with E-state index in [-0.39, 0.29) is 0 Å². The van der Waals surface area contributed by atoms with Gasteiger partial charge in [-0.25, -0.2) is 0 Å². The van der Waals surface area contributed by atoms with Gasteiger partial charge < -0.3 is 5.01 Å². The van der Waals surface area contributed by atoms with E-state index in [1.807, 2.05) is 0 Å². The first kappa shape index (κ1) is 7.71. The van der Waals surface area contributed by atoms with Crippen LogP contribution >= 0.6 is 0 Å². The van der Waals surface area contributed by atoms with E-state index < -0.39 is 0 Å². The summed E-state index contributed by atoms with van der Waals surface area (Å²) in [5.74, 6) is 0.799. The van der Waals surface area contributed by atoms with Crippen molar-refractivity contribution in [3.63, 3.8) is 0 Å². The zero-order chi connectivity index (χ0) is 8.39. The lowest BCUT2D eigenvalue weighted by Gasteiger charge is -2.19. The van der Waals surface area contributed by atoms with Crippen LogP contribution in [0.4, 0.5) is 0 Å². The number of hydrogen-bond acceptors (Lipinski definition) is 1. The first-order chi connectivity index (χ1) is 5.90. The molecule has 1 unspecified atom stereocenters. The minimum Gasteiger partial charge on any atom is -0.313 e. The Hall–Kier alpha value is -0.920. The third-order valence-corrected chi connectivity index (χ3v) is 2.59. The van der Waals surface area contributed by atoms with Gasteiger partial charge in [0.25, 0.3) is 0 Å². The van der Waals surface area contributed by atoms with Gasteiger partial charge in [-0.2, -0.15) is 0 Å². The molecule has 0 bridgehead atoms. The van der Waals surface area contributed by atoms with Gasteiger partial charge in [-0.15, -0.1) is 0 Å². The monoisotopic (exact) mass is 163 g/mol. The molecule has 0 amide bonds. The van der Waals surface area contributed by atoms with Gasteiger partial charge in [0, 0.05) is 25.5 Å². The average Bonchev–Trinajstić information content (AvgIpc) is 2.75. The van der Waals surface area contributed by atoms with Gasteiger partial charge in [0.15, 0.2) is 0 Å². The highest BCUT2D eigenvalue weighted by Gasteiger charge is 2.20. The summed E-state index contributed by atoms with van der Waals surface area (Å²) in [5.41, 5.74) is 0. The molecule has 2 nitrogen and oxygen atoms in total. The first-order valence-electron chi connectivity index (χ1n) is 4.57. The van der Waals surface area contributed by atoms with Crippen molar-refractivity contribution in [2.24, 2.45) is 5.92 Å². The molecule has 1 atom stereocenters. The van der Waals surface area contributed by atoms with Crippen LogP contribution in [-0.2, 0) is 0 Å². The van der Waals surface area contributed by atoms with Crippen molar-refractivity contribution in [3.05, 3.63) is 31.5 Å². The molecule has 1 saturated heterocycles. The first-order valence-corrected chi connectivity index (χ1v) is 4.57. The Balaban J connectivity index is 2.00. The van der Waals surface area contributed by atoms with Crippen molar-refractivity contribution in [1.29, 1.82) is 0 Å². The van der Waals surface area contributed by atoms with Gasteiger partial charge in [0.2, 0.25) is 0 Å². The SMILES string of the molecule is [CH2]CC1CCN(n2cccc2)C1. The summed E-state index contributed by atoms with van der Waals surface area (Å²) >= 11 is 0. The third kappa shape index (κ3) is 1.33. The zero-order valence-corrected chi connectivity index (χ0v) is 7.32. The highest BCUT2D eigenvalue weighted by molar-refractivity contribution is 5.01. The van der Waals surface area contributed by atoms with Crippen LogP contribution in [0.1, 0.15) is 12.8 Å². The zero-order valence-electron chi connectivity index (χ0n) is 7.32. The average molecular weight is 163 g/mol. The van der Waals surface area contributed by atoms with E-state index in [9.17, 15) is 0 Å². The molecular weight excluding hydrogens is 148 g/mol. The second-order valence-electron chi connectivity index (χ2n) is 3.42. The normalized spacial score (nSPS) is 23.4. The molecule has 0 spiro atoms. The Bertz CT molecular complexity index is 228. The molecule has 2 heterocycles. The van der Waals surface area contributed by atoms with Crippen molar-refractivity contribution in [2.45, 2.75) is 12.8 Å². The van der Waals surface area contributed by atoms with Crippen LogP contribution in [0.2, 0.25) is 0 Å². The minimum atomic E-state index is 0.799. The molecule has 12 heavy (non-hydrogen) atoms. The van der Waals surface area contributed by atoms with Crippen LogP contribution in [-0.4, -0.2) is 17.8 Å². The largest absolute Gasteiger partial charge is 0.313 e. The summed E-state index contributed by atoms with van der Waals surface area (Å²) in [4.78, 5) is 0. The summed E-state index contributed by atoms with van der Waals surface area (Å²) in [5, 5.41) is 2.37. The Labute approximate surface area is 73.8 Å². The van der Waals surface area contributed by atoms with Crippen LogP contribution in [0.15, 0.2) is 24.5 Å². The number of nitrogens with zero attached hydrogens (tertiary/aromatic N) is 2. The number of aromatic nitrogens is 1. The molecule has 1 aliphatic rings. The maximum Gasteiger partial charge on any atom is 0.0373 e. The highest BCUT2D eigenvalue weighted by atomic mass is 15.5. The van der Waals surface area contributed by atoms with Crippen LogP contribution in [0.3, 0.4) is 0 Å². The Morgan fingerprint density at radius 2 is 2.08 bits per heavy atom. The molecular formula is C10H15N2. The van der Waals surface area contributed by atoms with Gasteiger partial charge >= 0.3 is 0 Å². The Morgan fingerprint density at radius 1 is 1.33 bits per heavy atom. The van der Waals surface area contributed by atoms with Crippen molar-refractivity contribution < 1.29 is 0 Å². The van der Waals surface area contributed by atoms with E-state index in [1.54, 1.807) is 0 Å². The van der Waals surface area contributed by atoms with Crippen LogP contribution in [0, 0.1) is 12.8 Å². The molecule has 0 saturated carbocycles. The third-order valence-electron chi connectivity index (χ3n) is 2.59. The van der Waals surface area contributed by atoms with E-state index in [0.717, 1.165) is 18.9 Å². The second-order valence-corrected chi connectivity index (χ2v) is 3.42. The topological polar surface area (TPSA) is 8.17 Å². The predicted octanol–water partition coefficient (Wildman–Crippen LogP) is 1.67. The lowest BCUT2D eigenvalue weighted by atomic mass is 10.1. The van der Waals surface area contributed by atoms with Gasteiger partial charge in [-0.1, -0.05) is 6.92 Å². The summed E-state index contributed by atoms with van der Waals surface area (Å²) < 4.78 is 2.18. The quantitative estimate of drug-likeness (QED) is 0.644. The van der Waals surface area contributed by atoms with Gasteiger partial charge in [0.1, 0.15) is 0 Å². The van der Waals surface area contributed by atoms with Crippen LogP contribution in [0.5, 0.6) is 0 Å². The minimum absolute atomic E-state index is 0.799. The summed E-state index contributed by atoms with van der Waals surface area (Å²) in [6, 6.07) is 4.13. The van der Waals surface area contributed by atoms with E-state index in [2.05, 4.69) is 41.1 Å². The molecule has 2 rings (SSSR count). The molecule has 1 fully saturated rings.